The van der Waals surface area contributed by atoms with E-state index in [1.54, 1.807) is 19.2 Å². The second-order valence-corrected chi connectivity index (χ2v) is 5.54. The van der Waals surface area contributed by atoms with Gasteiger partial charge < -0.3 is 9.84 Å². The number of aliphatic hydroxyl groups is 1. The quantitative estimate of drug-likeness (QED) is 0.904. The first kappa shape index (κ1) is 15.0. The highest BCUT2D eigenvalue weighted by Gasteiger charge is 2.21. The molecule has 0 fully saturated rings. The van der Waals surface area contributed by atoms with E-state index in [-0.39, 0.29) is 4.47 Å². The van der Waals surface area contributed by atoms with Crippen LogP contribution in [-0.4, -0.2) is 12.2 Å². The number of aliphatic hydroxyl groups excluding tert-OH is 1. The number of rotatable bonds is 3. The molecule has 0 aromatic heterocycles. The summed E-state index contributed by atoms with van der Waals surface area (Å²) in [7, 11) is 1.56. The molecule has 0 radical (unpaired) electrons. The van der Waals surface area contributed by atoms with Crippen LogP contribution < -0.4 is 4.74 Å². The van der Waals surface area contributed by atoms with Gasteiger partial charge in [0.2, 0.25) is 0 Å². The van der Waals surface area contributed by atoms with Crippen molar-refractivity contribution in [2.45, 2.75) is 20.0 Å². The Morgan fingerprint density at radius 1 is 1.25 bits per heavy atom. The number of aryl methyl sites for hydroxylation is 2. The van der Waals surface area contributed by atoms with Gasteiger partial charge in [-0.1, -0.05) is 18.2 Å². The van der Waals surface area contributed by atoms with E-state index in [1.807, 2.05) is 26.0 Å². The van der Waals surface area contributed by atoms with Crippen molar-refractivity contribution < 1.29 is 14.2 Å². The van der Waals surface area contributed by atoms with E-state index in [0.717, 1.165) is 11.1 Å². The molecule has 0 aliphatic rings. The van der Waals surface area contributed by atoms with Crippen LogP contribution in [0.5, 0.6) is 5.75 Å². The maximum absolute atomic E-state index is 13.6. The third kappa shape index (κ3) is 2.72. The standard InChI is InChI=1S/C16H16BrFO2/c1-9-7-10(2)14(13(8-9)20-3)16(19)11-5-4-6-12(18)15(11)17/h4-8,16,19H,1-3H3. The first-order chi connectivity index (χ1) is 9.45. The highest BCUT2D eigenvalue weighted by molar-refractivity contribution is 9.10. The van der Waals surface area contributed by atoms with Gasteiger partial charge in [-0.2, -0.15) is 0 Å². The van der Waals surface area contributed by atoms with Gasteiger partial charge in [-0.15, -0.1) is 0 Å². The summed E-state index contributed by atoms with van der Waals surface area (Å²) in [6, 6.07) is 8.44. The van der Waals surface area contributed by atoms with E-state index in [2.05, 4.69) is 15.9 Å². The molecule has 0 amide bonds. The number of hydrogen-bond acceptors (Lipinski definition) is 2. The highest BCUT2D eigenvalue weighted by atomic mass is 79.9. The molecule has 0 bridgehead atoms. The molecule has 106 valence electrons. The van der Waals surface area contributed by atoms with Crippen molar-refractivity contribution in [1.82, 2.24) is 0 Å². The third-order valence-corrected chi connectivity index (χ3v) is 4.10. The zero-order chi connectivity index (χ0) is 14.9. The fourth-order valence-corrected chi connectivity index (χ4v) is 2.83. The average molecular weight is 339 g/mol. The maximum atomic E-state index is 13.6. The van der Waals surface area contributed by atoms with Gasteiger partial charge in [0, 0.05) is 11.1 Å². The molecular formula is C16H16BrFO2. The van der Waals surface area contributed by atoms with Crippen LogP contribution in [0.1, 0.15) is 28.4 Å². The number of methoxy groups -OCH3 is 1. The number of halogens is 2. The van der Waals surface area contributed by atoms with Crippen molar-refractivity contribution in [2.75, 3.05) is 7.11 Å². The van der Waals surface area contributed by atoms with Gasteiger partial charge in [0.25, 0.3) is 0 Å². The van der Waals surface area contributed by atoms with Crippen molar-refractivity contribution in [3.63, 3.8) is 0 Å². The first-order valence-corrected chi connectivity index (χ1v) is 7.02. The van der Waals surface area contributed by atoms with Gasteiger partial charge in [0.05, 0.1) is 11.6 Å². The van der Waals surface area contributed by atoms with Crippen molar-refractivity contribution in [1.29, 1.82) is 0 Å². The number of hydrogen-bond donors (Lipinski definition) is 1. The predicted octanol–water partition coefficient (Wildman–Crippen LogP) is 4.30. The summed E-state index contributed by atoms with van der Waals surface area (Å²) >= 11 is 3.19. The van der Waals surface area contributed by atoms with Gasteiger partial charge in [0.1, 0.15) is 17.7 Å². The summed E-state index contributed by atoms with van der Waals surface area (Å²) in [4.78, 5) is 0. The molecule has 2 nitrogen and oxygen atoms in total. The Kier molecular flexibility index (Phi) is 4.45. The molecule has 1 unspecified atom stereocenters. The van der Waals surface area contributed by atoms with E-state index in [1.165, 1.54) is 6.07 Å². The van der Waals surface area contributed by atoms with E-state index in [9.17, 15) is 9.50 Å². The summed E-state index contributed by atoms with van der Waals surface area (Å²) in [6.45, 7) is 3.87. The summed E-state index contributed by atoms with van der Waals surface area (Å²) < 4.78 is 19.2. The molecule has 2 rings (SSSR count). The Hall–Kier alpha value is -1.39. The normalized spacial score (nSPS) is 12.3. The van der Waals surface area contributed by atoms with Gasteiger partial charge in [-0.25, -0.2) is 4.39 Å². The summed E-state index contributed by atoms with van der Waals surface area (Å²) in [5.74, 6) is 0.205. The predicted molar refractivity (Wildman–Crippen MR) is 80.6 cm³/mol. The molecule has 0 heterocycles. The van der Waals surface area contributed by atoms with E-state index >= 15 is 0 Å². The molecule has 0 saturated heterocycles. The van der Waals surface area contributed by atoms with Crippen LogP contribution in [0.3, 0.4) is 0 Å². The number of ether oxygens (including phenoxy) is 1. The van der Waals surface area contributed by atoms with Crippen LogP contribution in [0.4, 0.5) is 4.39 Å². The van der Waals surface area contributed by atoms with Crippen molar-refractivity contribution in [2.24, 2.45) is 0 Å². The monoisotopic (exact) mass is 338 g/mol. The van der Waals surface area contributed by atoms with Crippen LogP contribution in [0.2, 0.25) is 0 Å². The molecule has 2 aromatic carbocycles. The van der Waals surface area contributed by atoms with Gasteiger partial charge >= 0.3 is 0 Å². The Balaban J connectivity index is 2.59. The fraction of sp³-hybridized carbons (Fsp3) is 0.250. The van der Waals surface area contributed by atoms with Gasteiger partial charge in [-0.3, -0.25) is 0 Å². The van der Waals surface area contributed by atoms with Crippen molar-refractivity contribution in [3.8, 4) is 5.75 Å². The zero-order valence-corrected chi connectivity index (χ0v) is 13.2. The summed E-state index contributed by atoms with van der Waals surface area (Å²) in [6.07, 6.45) is -0.948. The van der Waals surface area contributed by atoms with Crippen LogP contribution >= 0.6 is 15.9 Å². The van der Waals surface area contributed by atoms with Crippen molar-refractivity contribution in [3.05, 3.63) is 62.9 Å². The lowest BCUT2D eigenvalue weighted by molar-refractivity contribution is 0.212. The molecule has 2 aromatic rings. The molecular weight excluding hydrogens is 323 g/mol. The lowest BCUT2D eigenvalue weighted by atomic mass is 9.95. The minimum atomic E-state index is -0.948. The fourth-order valence-electron chi connectivity index (χ4n) is 2.35. The first-order valence-electron chi connectivity index (χ1n) is 6.22. The maximum Gasteiger partial charge on any atom is 0.137 e. The topological polar surface area (TPSA) is 29.5 Å². The largest absolute Gasteiger partial charge is 0.496 e. The van der Waals surface area contributed by atoms with E-state index in [0.29, 0.717) is 16.9 Å². The highest BCUT2D eigenvalue weighted by Crippen LogP contribution is 2.37. The minimum absolute atomic E-state index is 0.273. The molecule has 0 aliphatic carbocycles. The molecule has 0 saturated carbocycles. The molecule has 1 atom stereocenters. The van der Waals surface area contributed by atoms with Gasteiger partial charge in [0.15, 0.2) is 0 Å². The molecule has 1 N–H and O–H groups in total. The second kappa shape index (κ2) is 5.94. The van der Waals surface area contributed by atoms with Gasteiger partial charge in [-0.05, 0) is 53.0 Å². The van der Waals surface area contributed by atoms with E-state index < -0.39 is 11.9 Å². The zero-order valence-electron chi connectivity index (χ0n) is 11.6. The molecule has 0 spiro atoms. The number of benzene rings is 2. The smallest absolute Gasteiger partial charge is 0.137 e. The van der Waals surface area contributed by atoms with Crippen LogP contribution in [0, 0.1) is 19.7 Å². The van der Waals surface area contributed by atoms with Crippen LogP contribution in [0.25, 0.3) is 0 Å². The molecule has 20 heavy (non-hydrogen) atoms. The Morgan fingerprint density at radius 3 is 2.60 bits per heavy atom. The van der Waals surface area contributed by atoms with E-state index in [4.69, 9.17) is 4.74 Å². The minimum Gasteiger partial charge on any atom is -0.496 e. The molecule has 4 heteroatoms. The summed E-state index contributed by atoms with van der Waals surface area (Å²) in [5, 5.41) is 10.6. The Labute approximate surface area is 126 Å². The van der Waals surface area contributed by atoms with Crippen LogP contribution in [-0.2, 0) is 0 Å². The SMILES string of the molecule is COc1cc(C)cc(C)c1C(O)c1cccc(F)c1Br. The van der Waals surface area contributed by atoms with Crippen molar-refractivity contribution >= 4 is 15.9 Å². The second-order valence-electron chi connectivity index (χ2n) is 4.74. The Bertz CT molecular complexity index is 641. The average Bonchev–Trinajstić information content (AvgIpc) is 2.40. The Morgan fingerprint density at radius 2 is 1.95 bits per heavy atom. The molecule has 0 aliphatic heterocycles. The lowest BCUT2D eigenvalue weighted by Gasteiger charge is -2.19. The van der Waals surface area contributed by atoms with Crippen LogP contribution in [0.15, 0.2) is 34.8 Å². The summed E-state index contributed by atoms with van der Waals surface area (Å²) in [5.41, 5.74) is 3.10. The third-order valence-electron chi connectivity index (χ3n) is 3.26. The lowest BCUT2D eigenvalue weighted by Crippen LogP contribution is -2.06.